The van der Waals surface area contributed by atoms with Crippen molar-refractivity contribution in [3.63, 3.8) is 0 Å². The summed E-state index contributed by atoms with van der Waals surface area (Å²) in [4.78, 5) is 7.41. The van der Waals surface area contributed by atoms with Crippen molar-refractivity contribution in [1.29, 1.82) is 0 Å². The number of aromatic nitrogens is 2. The summed E-state index contributed by atoms with van der Waals surface area (Å²) < 4.78 is 19.3. The number of benzene rings is 2. The minimum atomic E-state index is -0.259. The highest BCUT2D eigenvalue weighted by Gasteiger charge is 2.12. The molecule has 0 saturated carbocycles. The number of imidazole rings is 1. The molecule has 1 N–H and O–H groups in total. The van der Waals surface area contributed by atoms with E-state index in [-0.39, 0.29) is 11.9 Å². The lowest BCUT2D eigenvalue weighted by Crippen LogP contribution is -2.05. The van der Waals surface area contributed by atoms with E-state index in [0.717, 1.165) is 28.3 Å². The van der Waals surface area contributed by atoms with Gasteiger partial charge in [0.15, 0.2) is 0 Å². The van der Waals surface area contributed by atoms with Crippen molar-refractivity contribution in [3.05, 3.63) is 60.7 Å². The number of H-pyrrole nitrogens is 1. The van der Waals surface area contributed by atoms with Gasteiger partial charge in [0.2, 0.25) is 0 Å². The summed E-state index contributed by atoms with van der Waals surface area (Å²) in [5.74, 6) is 1.24. The molecule has 0 aliphatic carbocycles. The lowest BCUT2D eigenvalue weighted by molar-refractivity contribution is 0.242. The zero-order valence-electron chi connectivity index (χ0n) is 12.5. The van der Waals surface area contributed by atoms with Crippen molar-refractivity contribution < 1.29 is 9.13 Å². The normalized spacial score (nSPS) is 10.9. The molecule has 1 aromatic heterocycles. The third kappa shape index (κ3) is 3.01. The van der Waals surface area contributed by atoms with E-state index in [9.17, 15) is 4.39 Å². The van der Waals surface area contributed by atoms with Crippen LogP contribution in [0.2, 0.25) is 0 Å². The molecule has 0 bridgehead atoms. The first-order valence-corrected chi connectivity index (χ1v) is 7.20. The van der Waals surface area contributed by atoms with E-state index in [1.807, 2.05) is 38.1 Å². The molecule has 0 fully saturated rings. The van der Waals surface area contributed by atoms with Crippen LogP contribution >= 0.6 is 0 Å². The summed E-state index contributed by atoms with van der Waals surface area (Å²) in [6, 6.07) is 12.3. The largest absolute Gasteiger partial charge is 0.491 e. The highest BCUT2D eigenvalue weighted by molar-refractivity contribution is 5.81. The van der Waals surface area contributed by atoms with Gasteiger partial charge in [-0.25, -0.2) is 9.37 Å². The van der Waals surface area contributed by atoms with Gasteiger partial charge in [-0.3, -0.25) is 0 Å². The Morgan fingerprint density at radius 2 is 1.95 bits per heavy atom. The Kier molecular flexibility index (Phi) is 3.92. The van der Waals surface area contributed by atoms with E-state index in [1.54, 1.807) is 18.5 Å². The molecule has 0 spiro atoms. The van der Waals surface area contributed by atoms with Gasteiger partial charge in [-0.15, -0.1) is 0 Å². The third-order valence-corrected chi connectivity index (χ3v) is 3.25. The zero-order chi connectivity index (χ0) is 15.5. The van der Waals surface area contributed by atoms with Gasteiger partial charge in [-0.05, 0) is 55.3 Å². The molecule has 22 heavy (non-hydrogen) atoms. The van der Waals surface area contributed by atoms with Crippen LogP contribution in [0.25, 0.3) is 22.5 Å². The summed E-state index contributed by atoms with van der Waals surface area (Å²) in [6.07, 6.45) is 3.55. The zero-order valence-corrected chi connectivity index (χ0v) is 12.5. The van der Waals surface area contributed by atoms with E-state index in [1.165, 1.54) is 12.1 Å². The van der Waals surface area contributed by atoms with Gasteiger partial charge in [-0.1, -0.05) is 12.1 Å². The van der Waals surface area contributed by atoms with Crippen molar-refractivity contribution in [3.8, 4) is 28.3 Å². The minimum Gasteiger partial charge on any atom is -0.491 e. The number of nitrogens with zero attached hydrogens (tertiary/aromatic N) is 1. The van der Waals surface area contributed by atoms with Crippen LogP contribution in [0.3, 0.4) is 0 Å². The van der Waals surface area contributed by atoms with Gasteiger partial charge >= 0.3 is 0 Å². The molecular formula is C18H17FN2O. The van der Waals surface area contributed by atoms with Gasteiger partial charge < -0.3 is 9.72 Å². The first-order chi connectivity index (χ1) is 10.6. The Bertz CT molecular complexity index is 767. The predicted octanol–water partition coefficient (Wildman–Crippen LogP) is 4.67. The number of ether oxygens (including phenoxy) is 1. The molecular weight excluding hydrogens is 279 g/mol. The van der Waals surface area contributed by atoms with E-state index < -0.39 is 0 Å². The van der Waals surface area contributed by atoms with Gasteiger partial charge in [0.1, 0.15) is 17.4 Å². The second-order valence-electron chi connectivity index (χ2n) is 5.32. The van der Waals surface area contributed by atoms with Crippen molar-refractivity contribution in [2.75, 3.05) is 0 Å². The maximum Gasteiger partial charge on any atom is 0.138 e. The van der Waals surface area contributed by atoms with Crippen LogP contribution in [-0.4, -0.2) is 16.1 Å². The SMILES string of the molecule is CC(C)Oc1ccc(-c2cccc(F)c2)c(-c2ncc[nH]2)c1. The van der Waals surface area contributed by atoms with E-state index in [4.69, 9.17) is 4.74 Å². The molecule has 3 aromatic rings. The van der Waals surface area contributed by atoms with Gasteiger partial charge in [0.05, 0.1) is 6.10 Å². The molecule has 0 aliphatic rings. The number of aromatic amines is 1. The molecule has 2 aromatic carbocycles. The Hall–Kier alpha value is -2.62. The monoisotopic (exact) mass is 296 g/mol. The van der Waals surface area contributed by atoms with Crippen LogP contribution in [0.15, 0.2) is 54.9 Å². The summed E-state index contributed by atoms with van der Waals surface area (Å²) in [6.45, 7) is 3.96. The lowest BCUT2D eigenvalue weighted by Gasteiger charge is -2.14. The van der Waals surface area contributed by atoms with Crippen molar-refractivity contribution >= 4 is 0 Å². The fourth-order valence-corrected chi connectivity index (χ4v) is 2.39. The molecule has 4 heteroatoms. The molecule has 0 atom stereocenters. The van der Waals surface area contributed by atoms with Gasteiger partial charge in [0, 0.05) is 18.0 Å². The summed E-state index contributed by atoms with van der Waals surface area (Å²) in [5, 5.41) is 0. The summed E-state index contributed by atoms with van der Waals surface area (Å²) >= 11 is 0. The maximum absolute atomic E-state index is 13.5. The number of hydrogen-bond acceptors (Lipinski definition) is 2. The van der Waals surface area contributed by atoms with Crippen LogP contribution < -0.4 is 4.74 Å². The fourth-order valence-electron chi connectivity index (χ4n) is 2.39. The lowest BCUT2D eigenvalue weighted by atomic mass is 9.99. The number of rotatable bonds is 4. The summed E-state index contributed by atoms with van der Waals surface area (Å²) in [7, 11) is 0. The molecule has 0 radical (unpaired) electrons. The molecule has 112 valence electrons. The molecule has 1 heterocycles. The molecule has 0 saturated heterocycles. The first-order valence-electron chi connectivity index (χ1n) is 7.20. The quantitative estimate of drug-likeness (QED) is 0.759. The Morgan fingerprint density at radius 3 is 2.64 bits per heavy atom. The Balaban J connectivity index is 2.13. The Labute approximate surface area is 128 Å². The van der Waals surface area contributed by atoms with E-state index in [0.29, 0.717) is 0 Å². The van der Waals surface area contributed by atoms with Crippen LogP contribution in [-0.2, 0) is 0 Å². The second-order valence-corrected chi connectivity index (χ2v) is 5.32. The van der Waals surface area contributed by atoms with E-state index in [2.05, 4.69) is 9.97 Å². The van der Waals surface area contributed by atoms with Gasteiger partial charge in [0.25, 0.3) is 0 Å². The summed E-state index contributed by atoms with van der Waals surface area (Å²) in [5.41, 5.74) is 2.60. The van der Waals surface area contributed by atoms with Gasteiger partial charge in [-0.2, -0.15) is 0 Å². The number of hydrogen-bond donors (Lipinski definition) is 1. The van der Waals surface area contributed by atoms with Crippen LogP contribution in [0, 0.1) is 5.82 Å². The first kappa shape index (κ1) is 14.3. The topological polar surface area (TPSA) is 37.9 Å². The smallest absolute Gasteiger partial charge is 0.138 e. The third-order valence-electron chi connectivity index (χ3n) is 3.25. The molecule has 3 rings (SSSR count). The standard InChI is InChI=1S/C18H17FN2O/c1-12(2)22-15-6-7-16(13-4-3-5-14(19)10-13)17(11-15)18-20-8-9-21-18/h3-12H,1-2H3,(H,20,21). The predicted molar refractivity (Wildman–Crippen MR) is 85.2 cm³/mol. The fraction of sp³-hybridized carbons (Fsp3) is 0.167. The maximum atomic E-state index is 13.5. The minimum absolute atomic E-state index is 0.0875. The number of halogens is 1. The second kappa shape index (κ2) is 6.02. The van der Waals surface area contributed by atoms with Crippen molar-refractivity contribution in [2.24, 2.45) is 0 Å². The highest BCUT2D eigenvalue weighted by Crippen LogP contribution is 2.33. The van der Waals surface area contributed by atoms with Crippen LogP contribution in [0.1, 0.15) is 13.8 Å². The molecule has 0 aliphatic heterocycles. The van der Waals surface area contributed by atoms with Crippen molar-refractivity contribution in [1.82, 2.24) is 9.97 Å². The molecule has 3 nitrogen and oxygen atoms in total. The van der Waals surface area contributed by atoms with Crippen LogP contribution in [0.5, 0.6) is 5.75 Å². The van der Waals surface area contributed by atoms with Crippen molar-refractivity contribution in [2.45, 2.75) is 20.0 Å². The highest BCUT2D eigenvalue weighted by atomic mass is 19.1. The van der Waals surface area contributed by atoms with E-state index >= 15 is 0 Å². The molecule has 0 amide bonds. The van der Waals surface area contributed by atoms with Crippen LogP contribution in [0.4, 0.5) is 4.39 Å². The molecule has 0 unspecified atom stereocenters. The average molecular weight is 296 g/mol. The number of nitrogens with one attached hydrogen (secondary N) is 1. The Morgan fingerprint density at radius 1 is 1.09 bits per heavy atom. The average Bonchev–Trinajstić information content (AvgIpc) is 3.00.